The zero-order valence-electron chi connectivity index (χ0n) is 10.9. The van der Waals surface area contributed by atoms with Crippen molar-refractivity contribution in [3.05, 3.63) is 78.7 Å². The van der Waals surface area contributed by atoms with Crippen LogP contribution in [0.3, 0.4) is 0 Å². The van der Waals surface area contributed by atoms with E-state index < -0.39 is 0 Å². The van der Waals surface area contributed by atoms with Gasteiger partial charge in [-0.1, -0.05) is 66.6 Å². The maximum absolute atomic E-state index is 7.56. The second-order valence-electron chi connectivity index (χ2n) is 4.94. The Balaban J connectivity index is 2.47. The maximum atomic E-state index is 7.56. The van der Waals surface area contributed by atoms with Crippen LogP contribution in [0.25, 0.3) is 32.3 Å². The number of hydrogen-bond acceptors (Lipinski definition) is 0. The molecule has 0 atom stereocenters. The quantitative estimate of drug-likeness (QED) is 0.302. The van der Waals surface area contributed by atoms with Gasteiger partial charge in [0.05, 0.1) is 0 Å². The van der Waals surface area contributed by atoms with E-state index in [1.807, 2.05) is 12.1 Å². The van der Waals surface area contributed by atoms with Gasteiger partial charge < -0.3 is 0 Å². The summed E-state index contributed by atoms with van der Waals surface area (Å²) in [5.41, 5.74) is 0.851. The standard InChI is InChI=1S/C20H11/c1-2-14-8-7-13-19-17-10-4-3-9-15(17)16-11-5-6-12-18(16)20(14)19/h3-13H. The first-order valence-electron chi connectivity index (χ1n) is 6.65. The fourth-order valence-electron chi connectivity index (χ4n) is 3.06. The van der Waals surface area contributed by atoms with Gasteiger partial charge in [0.25, 0.3) is 0 Å². The van der Waals surface area contributed by atoms with E-state index in [1.165, 1.54) is 26.9 Å². The lowest BCUT2D eigenvalue weighted by Gasteiger charge is -2.11. The molecule has 20 heavy (non-hydrogen) atoms. The molecule has 0 fully saturated rings. The molecule has 0 nitrogen and oxygen atoms in total. The molecule has 0 saturated carbocycles. The van der Waals surface area contributed by atoms with Gasteiger partial charge in [-0.2, -0.15) is 0 Å². The molecule has 0 bridgehead atoms. The monoisotopic (exact) mass is 251 g/mol. The summed E-state index contributed by atoms with van der Waals surface area (Å²) in [5, 5.41) is 7.24. The van der Waals surface area contributed by atoms with Crippen molar-refractivity contribution in [2.45, 2.75) is 0 Å². The summed E-state index contributed by atoms with van der Waals surface area (Å²) >= 11 is 0. The summed E-state index contributed by atoms with van der Waals surface area (Å²) in [6.07, 6.45) is 7.56. The Morgan fingerprint density at radius 3 is 1.55 bits per heavy atom. The Labute approximate surface area is 117 Å². The first-order chi connectivity index (χ1) is 9.90. The molecule has 0 aliphatic rings. The smallest absolute Gasteiger partial charge is 0.0340 e. The molecular formula is C20H11. The van der Waals surface area contributed by atoms with E-state index in [4.69, 9.17) is 6.42 Å². The fourth-order valence-corrected chi connectivity index (χ4v) is 3.06. The first-order valence-corrected chi connectivity index (χ1v) is 6.65. The van der Waals surface area contributed by atoms with Crippen molar-refractivity contribution in [3.8, 4) is 5.92 Å². The molecule has 0 aliphatic heterocycles. The zero-order chi connectivity index (χ0) is 13.5. The zero-order valence-corrected chi connectivity index (χ0v) is 10.9. The SMILES string of the molecule is [C]#Cc1cccc2c3ccccc3c3ccccc3c12. The van der Waals surface area contributed by atoms with Crippen LogP contribution in [0.5, 0.6) is 0 Å². The van der Waals surface area contributed by atoms with Gasteiger partial charge >= 0.3 is 0 Å². The van der Waals surface area contributed by atoms with Crippen LogP contribution in [-0.2, 0) is 0 Å². The number of fused-ring (bicyclic) bond motifs is 6. The second kappa shape index (κ2) is 4.11. The van der Waals surface area contributed by atoms with Gasteiger partial charge in [0.2, 0.25) is 0 Å². The number of benzene rings is 4. The van der Waals surface area contributed by atoms with Crippen LogP contribution < -0.4 is 0 Å². The summed E-state index contributed by atoms with van der Waals surface area (Å²) in [4.78, 5) is 0. The molecule has 91 valence electrons. The first kappa shape index (κ1) is 11.1. The molecule has 0 spiro atoms. The van der Waals surface area contributed by atoms with Crippen LogP contribution in [0, 0.1) is 12.3 Å². The van der Waals surface area contributed by atoms with Crippen LogP contribution in [0.4, 0.5) is 0 Å². The molecule has 0 heteroatoms. The van der Waals surface area contributed by atoms with Crippen LogP contribution in [0.1, 0.15) is 5.56 Å². The second-order valence-corrected chi connectivity index (χ2v) is 4.94. The summed E-state index contributed by atoms with van der Waals surface area (Å²) in [6, 6.07) is 22.9. The minimum atomic E-state index is 0.851. The molecule has 0 heterocycles. The van der Waals surface area contributed by atoms with Crippen molar-refractivity contribution < 1.29 is 0 Å². The Bertz CT molecular complexity index is 956. The van der Waals surface area contributed by atoms with Crippen LogP contribution in [0.2, 0.25) is 0 Å². The Kier molecular flexibility index (Phi) is 2.28. The van der Waals surface area contributed by atoms with Gasteiger partial charge in [0.15, 0.2) is 0 Å². The molecule has 4 rings (SSSR count). The molecule has 0 N–H and O–H groups in total. The molecule has 4 aromatic carbocycles. The highest BCUT2D eigenvalue weighted by Crippen LogP contribution is 2.36. The van der Waals surface area contributed by atoms with Crippen molar-refractivity contribution >= 4 is 32.3 Å². The summed E-state index contributed by atoms with van der Waals surface area (Å²) in [7, 11) is 0. The van der Waals surface area contributed by atoms with E-state index >= 15 is 0 Å². The van der Waals surface area contributed by atoms with Gasteiger partial charge in [-0.25, -0.2) is 0 Å². The normalized spacial score (nSPS) is 10.9. The lowest BCUT2D eigenvalue weighted by Crippen LogP contribution is -1.85. The molecule has 1 radical (unpaired) electrons. The third-order valence-corrected chi connectivity index (χ3v) is 3.90. The Morgan fingerprint density at radius 1 is 0.550 bits per heavy atom. The fraction of sp³-hybridized carbons (Fsp3) is 0. The average molecular weight is 251 g/mol. The molecule has 0 saturated heterocycles. The third kappa shape index (κ3) is 1.38. The molecular weight excluding hydrogens is 240 g/mol. The summed E-state index contributed by atoms with van der Waals surface area (Å²) in [6.45, 7) is 0. The van der Waals surface area contributed by atoms with Crippen LogP contribution in [0.15, 0.2) is 66.7 Å². The lowest BCUT2D eigenvalue weighted by molar-refractivity contribution is 1.73. The highest BCUT2D eigenvalue weighted by molar-refractivity contribution is 6.26. The molecule has 4 aromatic rings. The van der Waals surface area contributed by atoms with E-state index in [0.717, 1.165) is 10.9 Å². The average Bonchev–Trinajstić information content (AvgIpc) is 2.54. The van der Waals surface area contributed by atoms with Crippen LogP contribution in [-0.4, -0.2) is 0 Å². The molecule has 0 aromatic heterocycles. The molecule has 0 unspecified atom stereocenters. The third-order valence-electron chi connectivity index (χ3n) is 3.90. The predicted octanol–water partition coefficient (Wildman–Crippen LogP) is 5.08. The van der Waals surface area contributed by atoms with Crippen molar-refractivity contribution in [1.82, 2.24) is 0 Å². The van der Waals surface area contributed by atoms with E-state index in [9.17, 15) is 0 Å². The van der Waals surface area contributed by atoms with Crippen molar-refractivity contribution in [3.63, 3.8) is 0 Å². The summed E-state index contributed by atoms with van der Waals surface area (Å²) < 4.78 is 0. The minimum Gasteiger partial charge on any atom is -0.0616 e. The largest absolute Gasteiger partial charge is 0.0616 e. The Morgan fingerprint density at radius 2 is 1.00 bits per heavy atom. The minimum absolute atomic E-state index is 0.851. The van der Waals surface area contributed by atoms with Gasteiger partial charge in [-0.15, -0.1) is 0 Å². The number of rotatable bonds is 0. The Hall–Kier alpha value is -2.78. The summed E-state index contributed by atoms with van der Waals surface area (Å²) in [5.74, 6) is 2.58. The predicted molar refractivity (Wildman–Crippen MR) is 85.2 cm³/mol. The van der Waals surface area contributed by atoms with E-state index in [2.05, 4.69) is 60.5 Å². The van der Waals surface area contributed by atoms with E-state index in [1.54, 1.807) is 0 Å². The molecule has 0 amide bonds. The lowest BCUT2D eigenvalue weighted by atomic mass is 9.92. The topological polar surface area (TPSA) is 0 Å². The van der Waals surface area contributed by atoms with Gasteiger partial charge in [-0.05, 0) is 39.4 Å². The van der Waals surface area contributed by atoms with Gasteiger partial charge in [-0.3, -0.25) is 0 Å². The van der Waals surface area contributed by atoms with Gasteiger partial charge in [0, 0.05) is 10.9 Å². The van der Waals surface area contributed by atoms with E-state index in [-0.39, 0.29) is 0 Å². The molecule has 0 aliphatic carbocycles. The van der Waals surface area contributed by atoms with Gasteiger partial charge in [0.1, 0.15) is 0 Å². The van der Waals surface area contributed by atoms with Crippen molar-refractivity contribution in [1.29, 1.82) is 0 Å². The van der Waals surface area contributed by atoms with Crippen molar-refractivity contribution in [2.24, 2.45) is 0 Å². The maximum Gasteiger partial charge on any atom is 0.0340 e. The highest BCUT2D eigenvalue weighted by atomic mass is 14.1. The number of hydrogen-bond donors (Lipinski definition) is 0. The highest BCUT2D eigenvalue weighted by Gasteiger charge is 2.09. The van der Waals surface area contributed by atoms with Crippen LogP contribution >= 0.6 is 0 Å². The van der Waals surface area contributed by atoms with E-state index in [0.29, 0.717) is 0 Å². The van der Waals surface area contributed by atoms with Crippen molar-refractivity contribution in [2.75, 3.05) is 0 Å².